The molecule has 3 heterocycles. The third-order valence-electron chi connectivity index (χ3n) is 5.58. The van der Waals surface area contributed by atoms with Crippen LogP contribution < -0.4 is 5.32 Å². The van der Waals surface area contributed by atoms with E-state index >= 15 is 0 Å². The van der Waals surface area contributed by atoms with Crippen LogP contribution in [0.25, 0.3) is 0 Å². The normalized spacial score (nSPS) is 31.6. The van der Waals surface area contributed by atoms with Crippen LogP contribution in [0.4, 0.5) is 0 Å². The first-order valence-electron chi connectivity index (χ1n) is 8.59. The maximum Gasteiger partial charge on any atom is 0.239 e. The Morgan fingerprint density at radius 3 is 2.59 bits per heavy atom. The van der Waals surface area contributed by atoms with Gasteiger partial charge in [0.25, 0.3) is 0 Å². The van der Waals surface area contributed by atoms with Crippen molar-refractivity contribution in [3.8, 4) is 0 Å². The minimum atomic E-state index is 0.104. The Balaban J connectivity index is 1.41. The van der Waals surface area contributed by atoms with Crippen LogP contribution >= 0.6 is 0 Å². The Morgan fingerprint density at radius 1 is 1.14 bits per heavy atom. The van der Waals surface area contributed by atoms with Crippen molar-refractivity contribution in [2.45, 2.75) is 25.4 Å². The Labute approximate surface area is 132 Å². The van der Waals surface area contributed by atoms with Gasteiger partial charge in [-0.25, -0.2) is 0 Å². The van der Waals surface area contributed by atoms with Gasteiger partial charge in [-0.05, 0) is 36.8 Å². The minimum absolute atomic E-state index is 0.104. The number of amides is 1. The summed E-state index contributed by atoms with van der Waals surface area (Å²) < 4.78 is 0. The van der Waals surface area contributed by atoms with E-state index in [0.29, 0.717) is 17.7 Å². The van der Waals surface area contributed by atoms with Gasteiger partial charge in [0.15, 0.2) is 0 Å². The van der Waals surface area contributed by atoms with Crippen LogP contribution in [0.15, 0.2) is 30.3 Å². The van der Waals surface area contributed by atoms with E-state index in [1.54, 1.807) is 0 Å². The second kappa shape index (κ2) is 6.01. The maximum atomic E-state index is 12.9. The van der Waals surface area contributed by atoms with E-state index in [-0.39, 0.29) is 6.04 Å². The highest BCUT2D eigenvalue weighted by Crippen LogP contribution is 2.29. The van der Waals surface area contributed by atoms with E-state index in [1.165, 1.54) is 5.56 Å². The van der Waals surface area contributed by atoms with E-state index in [2.05, 4.69) is 39.4 Å². The zero-order chi connectivity index (χ0) is 14.9. The lowest BCUT2D eigenvalue weighted by Crippen LogP contribution is -2.45. The average molecular weight is 299 g/mol. The summed E-state index contributed by atoms with van der Waals surface area (Å²) >= 11 is 0. The lowest BCUT2D eigenvalue weighted by Gasteiger charge is -2.28. The molecule has 1 amide bonds. The summed E-state index contributed by atoms with van der Waals surface area (Å²) in [7, 11) is 0. The van der Waals surface area contributed by atoms with Crippen LogP contribution in [-0.4, -0.2) is 54.5 Å². The number of likely N-dealkylation sites (tertiary alicyclic amines) is 2. The highest BCUT2D eigenvalue weighted by molar-refractivity contribution is 5.82. The number of nitrogens with zero attached hydrogens (tertiary/aromatic N) is 2. The molecule has 118 valence electrons. The summed E-state index contributed by atoms with van der Waals surface area (Å²) in [6.45, 7) is 6.06. The molecule has 3 aliphatic heterocycles. The van der Waals surface area contributed by atoms with Gasteiger partial charge >= 0.3 is 0 Å². The first kappa shape index (κ1) is 14.2. The van der Waals surface area contributed by atoms with Gasteiger partial charge < -0.3 is 10.2 Å². The number of benzene rings is 1. The van der Waals surface area contributed by atoms with Gasteiger partial charge in [0.05, 0.1) is 6.04 Å². The lowest BCUT2D eigenvalue weighted by atomic mass is 10.0. The van der Waals surface area contributed by atoms with Gasteiger partial charge in [-0.3, -0.25) is 9.69 Å². The number of hydrogen-bond acceptors (Lipinski definition) is 3. The molecule has 3 aliphatic rings. The predicted octanol–water partition coefficient (Wildman–Crippen LogP) is 1.33. The van der Waals surface area contributed by atoms with Crippen molar-refractivity contribution in [1.82, 2.24) is 15.1 Å². The van der Waals surface area contributed by atoms with Crippen molar-refractivity contribution in [1.29, 1.82) is 0 Å². The molecule has 1 aromatic carbocycles. The number of fused-ring (bicyclic) bond motifs is 1. The molecular weight excluding hydrogens is 274 g/mol. The summed E-state index contributed by atoms with van der Waals surface area (Å²) in [5.74, 6) is 1.75. The molecule has 3 saturated heterocycles. The zero-order valence-electron chi connectivity index (χ0n) is 13.1. The molecular formula is C18H25N3O. The Hall–Kier alpha value is -1.39. The number of rotatable bonds is 3. The van der Waals surface area contributed by atoms with Crippen LogP contribution in [-0.2, 0) is 11.3 Å². The Morgan fingerprint density at radius 2 is 1.86 bits per heavy atom. The summed E-state index contributed by atoms with van der Waals surface area (Å²) in [5, 5.41) is 3.45. The highest BCUT2D eigenvalue weighted by atomic mass is 16.2. The van der Waals surface area contributed by atoms with Gasteiger partial charge in [-0.15, -0.1) is 0 Å². The van der Waals surface area contributed by atoms with E-state index in [0.717, 1.165) is 52.1 Å². The average Bonchev–Trinajstić information content (AvgIpc) is 3.22. The molecule has 0 bridgehead atoms. The molecule has 4 heteroatoms. The van der Waals surface area contributed by atoms with E-state index in [1.807, 2.05) is 6.07 Å². The van der Waals surface area contributed by atoms with Crippen LogP contribution in [0.2, 0.25) is 0 Å². The van der Waals surface area contributed by atoms with Crippen LogP contribution in [0, 0.1) is 11.8 Å². The Kier molecular flexibility index (Phi) is 3.89. The molecule has 3 atom stereocenters. The standard InChI is InChI=1S/C18H25N3O/c22-18(21-12-15-9-19-10-16(15)13-21)17-7-4-8-20(17)11-14-5-2-1-3-6-14/h1-3,5-6,15-17,19H,4,7-13H2/t15-,16+,17?. The monoisotopic (exact) mass is 299 g/mol. The molecule has 0 saturated carbocycles. The number of carbonyl (C=O) groups is 1. The molecule has 1 unspecified atom stereocenters. The summed E-state index contributed by atoms with van der Waals surface area (Å²) in [5.41, 5.74) is 1.31. The van der Waals surface area contributed by atoms with E-state index < -0.39 is 0 Å². The molecule has 3 fully saturated rings. The highest BCUT2D eigenvalue weighted by Gasteiger charge is 2.41. The zero-order valence-corrected chi connectivity index (χ0v) is 13.1. The summed E-state index contributed by atoms with van der Waals surface area (Å²) in [6, 6.07) is 10.6. The summed E-state index contributed by atoms with van der Waals surface area (Å²) in [4.78, 5) is 17.5. The van der Waals surface area contributed by atoms with Crippen molar-refractivity contribution in [3.05, 3.63) is 35.9 Å². The van der Waals surface area contributed by atoms with E-state index in [9.17, 15) is 4.79 Å². The first-order chi connectivity index (χ1) is 10.8. The Bertz CT molecular complexity index is 520. The fourth-order valence-corrected chi connectivity index (χ4v) is 4.36. The quantitative estimate of drug-likeness (QED) is 0.914. The smallest absolute Gasteiger partial charge is 0.239 e. The fourth-order valence-electron chi connectivity index (χ4n) is 4.36. The third kappa shape index (κ3) is 2.66. The summed E-state index contributed by atoms with van der Waals surface area (Å²) in [6.07, 6.45) is 2.17. The largest absolute Gasteiger partial charge is 0.341 e. The molecule has 4 nitrogen and oxygen atoms in total. The van der Waals surface area contributed by atoms with Crippen LogP contribution in [0.5, 0.6) is 0 Å². The molecule has 1 N–H and O–H groups in total. The molecule has 0 spiro atoms. The van der Waals surface area contributed by atoms with Crippen molar-refractivity contribution < 1.29 is 4.79 Å². The molecule has 1 aromatic rings. The molecule has 0 radical (unpaired) electrons. The van der Waals surface area contributed by atoms with Crippen molar-refractivity contribution in [2.75, 3.05) is 32.7 Å². The molecule has 0 aromatic heterocycles. The van der Waals surface area contributed by atoms with Gasteiger partial charge in [-0.2, -0.15) is 0 Å². The van der Waals surface area contributed by atoms with Crippen molar-refractivity contribution in [2.24, 2.45) is 11.8 Å². The fraction of sp³-hybridized carbons (Fsp3) is 0.611. The van der Waals surface area contributed by atoms with Gasteiger partial charge in [0.1, 0.15) is 0 Å². The third-order valence-corrected chi connectivity index (χ3v) is 5.58. The van der Waals surface area contributed by atoms with Crippen molar-refractivity contribution in [3.63, 3.8) is 0 Å². The molecule has 0 aliphatic carbocycles. The molecule has 22 heavy (non-hydrogen) atoms. The number of carbonyl (C=O) groups excluding carboxylic acids is 1. The minimum Gasteiger partial charge on any atom is -0.341 e. The predicted molar refractivity (Wildman–Crippen MR) is 86.3 cm³/mol. The first-order valence-corrected chi connectivity index (χ1v) is 8.59. The number of hydrogen-bond donors (Lipinski definition) is 1. The van der Waals surface area contributed by atoms with Crippen molar-refractivity contribution >= 4 is 5.91 Å². The second-order valence-corrected chi connectivity index (χ2v) is 7.04. The van der Waals surface area contributed by atoms with Crippen LogP contribution in [0.3, 0.4) is 0 Å². The lowest BCUT2D eigenvalue weighted by molar-refractivity contribution is -0.135. The molecule has 4 rings (SSSR count). The number of nitrogens with one attached hydrogen (secondary N) is 1. The SMILES string of the molecule is O=C(C1CCCN1Cc1ccccc1)N1C[C@H]2CNC[C@H]2C1. The van der Waals surface area contributed by atoms with Gasteiger partial charge in [0.2, 0.25) is 5.91 Å². The van der Waals surface area contributed by atoms with Crippen LogP contribution in [0.1, 0.15) is 18.4 Å². The maximum absolute atomic E-state index is 12.9. The second-order valence-electron chi connectivity index (χ2n) is 7.04. The van der Waals surface area contributed by atoms with Gasteiger partial charge in [-0.1, -0.05) is 30.3 Å². The van der Waals surface area contributed by atoms with Gasteiger partial charge in [0, 0.05) is 32.7 Å². The van der Waals surface area contributed by atoms with E-state index in [4.69, 9.17) is 0 Å². The topological polar surface area (TPSA) is 35.6 Å².